The Kier molecular flexibility index (Phi) is 7.13. The molecule has 6 heteroatoms. The predicted octanol–water partition coefficient (Wildman–Crippen LogP) is 4.88. The number of pyridine rings is 1. The first kappa shape index (κ1) is 24.7. The van der Waals surface area contributed by atoms with Gasteiger partial charge in [0, 0.05) is 45.2 Å². The van der Waals surface area contributed by atoms with Crippen LogP contribution in [-0.2, 0) is 23.8 Å². The highest BCUT2D eigenvalue weighted by atomic mass is 16.6. The number of benzene rings is 2. The van der Waals surface area contributed by atoms with E-state index in [1.54, 1.807) is 36.4 Å². The topological polar surface area (TPSA) is 71.8 Å². The van der Waals surface area contributed by atoms with E-state index in [1.807, 2.05) is 42.6 Å². The standard InChI is InChI=1S/C29H34N2O4/c1-28(2,34)21-29(25-9-5-4-6-10-25)17-19-31(27(33)35-29)18-7-8-22-11-13-23(14-12-22)24-15-16-26(32)30(3)20-24/h4-6,9-16,20,34H,7-8,17-19,21H2,1-3H3/t29-/m0/s1. The zero-order valence-corrected chi connectivity index (χ0v) is 20.7. The highest BCUT2D eigenvalue weighted by molar-refractivity contribution is 5.69. The minimum atomic E-state index is -0.959. The number of aryl methyl sites for hydroxylation is 2. The van der Waals surface area contributed by atoms with Gasteiger partial charge in [-0.25, -0.2) is 4.79 Å². The number of ether oxygens (including phenoxy) is 1. The third-order valence-electron chi connectivity index (χ3n) is 6.61. The van der Waals surface area contributed by atoms with Crippen LogP contribution in [0.15, 0.2) is 77.7 Å². The van der Waals surface area contributed by atoms with E-state index in [2.05, 4.69) is 24.3 Å². The van der Waals surface area contributed by atoms with Gasteiger partial charge in [0.05, 0.1) is 5.60 Å². The van der Waals surface area contributed by atoms with Gasteiger partial charge >= 0.3 is 6.09 Å². The fourth-order valence-electron chi connectivity index (χ4n) is 4.87. The van der Waals surface area contributed by atoms with Crippen molar-refractivity contribution in [3.63, 3.8) is 0 Å². The van der Waals surface area contributed by atoms with Crippen molar-refractivity contribution >= 4 is 6.09 Å². The molecular weight excluding hydrogens is 440 g/mol. The Balaban J connectivity index is 1.35. The van der Waals surface area contributed by atoms with Crippen molar-refractivity contribution in [2.45, 2.75) is 50.7 Å². The van der Waals surface area contributed by atoms with Crippen LogP contribution >= 0.6 is 0 Å². The summed E-state index contributed by atoms with van der Waals surface area (Å²) in [6, 6.07) is 21.5. The second kappa shape index (κ2) is 10.1. The quantitative estimate of drug-likeness (QED) is 0.505. The van der Waals surface area contributed by atoms with Crippen molar-refractivity contribution in [2.75, 3.05) is 13.1 Å². The summed E-state index contributed by atoms with van der Waals surface area (Å²) in [5.41, 5.74) is 2.39. The van der Waals surface area contributed by atoms with E-state index >= 15 is 0 Å². The Bertz CT molecular complexity index is 1210. The van der Waals surface area contributed by atoms with Crippen molar-refractivity contribution in [2.24, 2.45) is 7.05 Å². The van der Waals surface area contributed by atoms with Gasteiger partial charge in [0.2, 0.25) is 5.56 Å². The number of aliphatic hydroxyl groups is 1. The third-order valence-corrected chi connectivity index (χ3v) is 6.61. The van der Waals surface area contributed by atoms with Crippen LogP contribution in [0.5, 0.6) is 0 Å². The first-order valence-electron chi connectivity index (χ1n) is 12.2. The third kappa shape index (κ3) is 6.01. The molecule has 0 bridgehead atoms. The normalized spacial score (nSPS) is 18.4. The van der Waals surface area contributed by atoms with Gasteiger partial charge in [0.25, 0.3) is 0 Å². The molecule has 0 saturated carbocycles. The number of nitrogens with zero attached hydrogens (tertiary/aromatic N) is 2. The van der Waals surface area contributed by atoms with Crippen LogP contribution < -0.4 is 5.56 Å². The number of carbonyl (C=O) groups is 1. The molecular formula is C29H34N2O4. The van der Waals surface area contributed by atoms with Crippen LogP contribution in [0.2, 0.25) is 0 Å². The molecule has 1 N–H and O–H groups in total. The number of cyclic esters (lactones) is 1. The maximum Gasteiger partial charge on any atom is 0.410 e. The second-order valence-electron chi connectivity index (χ2n) is 10.1. The molecule has 0 aliphatic carbocycles. The summed E-state index contributed by atoms with van der Waals surface area (Å²) in [5, 5.41) is 10.5. The Morgan fingerprint density at radius 2 is 1.66 bits per heavy atom. The minimum Gasteiger partial charge on any atom is -0.438 e. The van der Waals surface area contributed by atoms with Gasteiger partial charge in [-0.2, -0.15) is 0 Å². The summed E-state index contributed by atoms with van der Waals surface area (Å²) < 4.78 is 7.62. The molecule has 1 atom stereocenters. The molecule has 0 radical (unpaired) electrons. The van der Waals surface area contributed by atoms with Gasteiger partial charge in [-0.3, -0.25) is 4.79 Å². The van der Waals surface area contributed by atoms with Crippen LogP contribution in [0.25, 0.3) is 11.1 Å². The lowest BCUT2D eigenvalue weighted by atomic mass is 9.80. The molecule has 35 heavy (non-hydrogen) atoms. The zero-order valence-electron chi connectivity index (χ0n) is 20.7. The molecule has 0 spiro atoms. The molecule has 2 heterocycles. The molecule has 1 saturated heterocycles. The number of amides is 1. The second-order valence-corrected chi connectivity index (χ2v) is 10.1. The van der Waals surface area contributed by atoms with Gasteiger partial charge in [-0.05, 0) is 55.0 Å². The molecule has 2 aromatic carbocycles. The predicted molar refractivity (Wildman–Crippen MR) is 137 cm³/mol. The number of rotatable bonds is 8. The summed E-state index contributed by atoms with van der Waals surface area (Å²) in [6.07, 6.45) is 4.19. The summed E-state index contributed by atoms with van der Waals surface area (Å²) in [4.78, 5) is 26.3. The van der Waals surface area contributed by atoms with Crippen molar-refractivity contribution < 1.29 is 14.6 Å². The summed E-state index contributed by atoms with van der Waals surface area (Å²) in [7, 11) is 1.75. The minimum absolute atomic E-state index is 0.0253. The SMILES string of the molecule is Cn1cc(-c2ccc(CCCN3CC[C@](CC(C)(C)O)(c4ccccc4)OC3=O)cc2)ccc1=O. The fraction of sp³-hybridized carbons (Fsp3) is 0.379. The van der Waals surface area contributed by atoms with Gasteiger partial charge < -0.3 is 19.3 Å². The fourth-order valence-corrected chi connectivity index (χ4v) is 4.87. The number of hydrogen-bond acceptors (Lipinski definition) is 4. The van der Waals surface area contributed by atoms with E-state index in [-0.39, 0.29) is 11.7 Å². The van der Waals surface area contributed by atoms with Crippen LogP contribution in [0.3, 0.4) is 0 Å². The molecule has 1 aliphatic rings. The van der Waals surface area contributed by atoms with Crippen molar-refractivity contribution in [3.8, 4) is 11.1 Å². The Morgan fingerprint density at radius 1 is 0.971 bits per heavy atom. The van der Waals surface area contributed by atoms with E-state index in [0.717, 1.165) is 29.5 Å². The van der Waals surface area contributed by atoms with Gasteiger partial charge in [0.15, 0.2) is 0 Å². The first-order chi connectivity index (χ1) is 16.7. The van der Waals surface area contributed by atoms with E-state index in [0.29, 0.717) is 25.9 Å². The summed E-state index contributed by atoms with van der Waals surface area (Å²) in [5.74, 6) is 0. The average Bonchev–Trinajstić information content (AvgIpc) is 2.82. The molecule has 1 aliphatic heterocycles. The largest absolute Gasteiger partial charge is 0.438 e. The van der Waals surface area contributed by atoms with Crippen LogP contribution in [0, 0.1) is 0 Å². The van der Waals surface area contributed by atoms with Crippen molar-refractivity contribution in [1.82, 2.24) is 9.47 Å². The lowest BCUT2D eigenvalue weighted by molar-refractivity contribution is -0.0962. The van der Waals surface area contributed by atoms with Crippen LogP contribution in [0.4, 0.5) is 4.79 Å². The maximum atomic E-state index is 13.0. The summed E-state index contributed by atoms with van der Waals surface area (Å²) in [6.45, 7) is 4.72. The van der Waals surface area contributed by atoms with Gasteiger partial charge in [-0.15, -0.1) is 0 Å². The van der Waals surface area contributed by atoms with Crippen LogP contribution in [-0.4, -0.2) is 39.4 Å². The number of carbonyl (C=O) groups excluding carboxylic acids is 1. The molecule has 184 valence electrons. The van der Waals surface area contributed by atoms with E-state index in [4.69, 9.17) is 4.74 Å². The van der Waals surface area contributed by atoms with Crippen molar-refractivity contribution in [1.29, 1.82) is 0 Å². The molecule has 4 rings (SSSR count). The van der Waals surface area contributed by atoms with Gasteiger partial charge in [-0.1, -0.05) is 54.6 Å². The maximum absolute atomic E-state index is 13.0. The smallest absolute Gasteiger partial charge is 0.410 e. The monoisotopic (exact) mass is 474 g/mol. The molecule has 1 fully saturated rings. The molecule has 1 aromatic heterocycles. The molecule has 6 nitrogen and oxygen atoms in total. The van der Waals surface area contributed by atoms with E-state index in [1.165, 1.54) is 5.56 Å². The molecule has 3 aromatic rings. The van der Waals surface area contributed by atoms with Crippen LogP contribution in [0.1, 0.15) is 44.2 Å². The average molecular weight is 475 g/mol. The molecule has 0 unspecified atom stereocenters. The first-order valence-corrected chi connectivity index (χ1v) is 12.2. The number of aromatic nitrogens is 1. The number of hydrogen-bond donors (Lipinski definition) is 1. The van der Waals surface area contributed by atoms with Crippen molar-refractivity contribution in [3.05, 3.63) is 94.4 Å². The zero-order chi connectivity index (χ0) is 25.1. The lowest BCUT2D eigenvalue weighted by Gasteiger charge is -2.44. The summed E-state index contributed by atoms with van der Waals surface area (Å²) >= 11 is 0. The lowest BCUT2D eigenvalue weighted by Crippen LogP contribution is -2.50. The van der Waals surface area contributed by atoms with E-state index in [9.17, 15) is 14.7 Å². The Hall–Kier alpha value is -3.38. The Morgan fingerprint density at radius 3 is 2.29 bits per heavy atom. The highest BCUT2D eigenvalue weighted by Crippen LogP contribution is 2.40. The highest BCUT2D eigenvalue weighted by Gasteiger charge is 2.45. The van der Waals surface area contributed by atoms with E-state index < -0.39 is 11.2 Å². The Labute approximate surface area is 206 Å². The molecule has 1 amide bonds. The van der Waals surface area contributed by atoms with Gasteiger partial charge in [0.1, 0.15) is 5.60 Å².